The maximum absolute atomic E-state index is 6.00. The second-order valence-corrected chi connectivity index (χ2v) is 12.5. The van der Waals surface area contributed by atoms with Gasteiger partial charge in [0.25, 0.3) is 0 Å². The van der Waals surface area contributed by atoms with E-state index in [4.69, 9.17) is 9.47 Å². The van der Waals surface area contributed by atoms with Crippen LogP contribution >= 0.6 is 7.92 Å². The van der Waals surface area contributed by atoms with Crippen LogP contribution in [0.15, 0.2) is 0 Å². The van der Waals surface area contributed by atoms with Gasteiger partial charge < -0.3 is 9.47 Å². The Morgan fingerprint density at radius 1 is 0.833 bits per heavy atom. The van der Waals surface area contributed by atoms with E-state index in [9.17, 15) is 0 Å². The summed E-state index contributed by atoms with van der Waals surface area (Å²) in [5, 5.41) is 0.988. The van der Waals surface area contributed by atoms with Crippen LogP contribution < -0.4 is 0 Å². The normalized spacial score (nSPS) is 30.8. The Morgan fingerprint density at radius 2 is 1.22 bits per heavy atom. The summed E-state index contributed by atoms with van der Waals surface area (Å²) in [5.41, 5.74) is 0. The summed E-state index contributed by atoms with van der Waals surface area (Å²) < 4.78 is 12.0. The van der Waals surface area contributed by atoms with Gasteiger partial charge in [-0.05, 0) is 15.5 Å². The van der Waals surface area contributed by atoms with Crippen molar-refractivity contribution in [1.29, 1.82) is 0 Å². The molecule has 0 bridgehead atoms. The van der Waals surface area contributed by atoms with Crippen molar-refractivity contribution < 1.29 is 9.47 Å². The molecule has 2 rings (SSSR count). The van der Waals surface area contributed by atoms with Gasteiger partial charge in [0, 0.05) is 12.8 Å². The molecule has 0 N–H and O–H groups in total. The fourth-order valence-electron chi connectivity index (χ4n) is 4.88. The van der Waals surface area contributed by atoms with Crippen LogP contribution in [0.25, 0.3) is 0 Å². The zero-order chi connectivity index (χ0) is 13.8. The molecule has 3 heteroatoms. The summed E-state index contributed by atoms with van der Waals surface area (Å²) in [5.74, 6) is -0.295. The van der Waals surface area contributed by atoms with Crippen LogP contribution in [0.3, 0.4) is 0 Å². The van der Waals surface area contributed by atoms with Crippen LogP contribution in [0.2, 0.25) is 0 Å². The average Bonchev–Trinajstić information content (AvgIpc) is 2.42. The molecule has 0 aromatic heterocycles. The molecule has 0 aliphatic carbocycles. The van der Waals surface area contributed by atoms with E-state index in [1.54, 1.807) is 0 Å². The van der Waals surface area contributed by atoms with E-state index in [2.05, 4.69) is 48.5 Å². The Labute approximate surface area is 114 Å². The van der Waals surface area contributed by atoms with Gasteiger partial charge in [-0.15, -0.1) is 0 Å². The van der Waals surface area contributed by atoms with Crippen LogP contribution in [0.5, 0.6) is 0 Å². The molecule has 2 aliphatic rings. The summed E-state index contributed by atoms with van der Waals surface area (Å²) in [4.78, 5) is 0. The first-order valence-electron chi connectivity index (χ1n) is 7.07. The second kappa shape index (κ2) is 4.17. The summed E-state index contributed by atoms with van der Waals surface area (Å²) in [6.45, 7) is 18.4. The van der Waals surface area contributed by atoms with Gasteiger partial charge in [0.05, 0.1) is 13.2 Å². The smallest absolute Gasteiger partial charge is 0.170 e. The van der Waals surface area contributed by atoms with Crippen molar-refractivity contribution in [2.45, 2.75) is 82.6 Å². The minimum absolute atomic E-state index is 0.101. The minimum atomic E-state index is -0.295. The van der Waals surface area contributed by atoms with E-state index in [-0.39, 0.29) is 13.7 Å². The van der Waals surface area contributed by atoms with Gasteiger partial charge in [-0.2, -0.15) is 0 Å². The highest BCUT2D eigenvalue weighted by Crippen LogP contribution is 2.74. The Hall–Kier alpha value is 0.350. The van der Waals surface area contributed by atoms with Gasteiger partial charge in [0.1, 0.15) is 0 Å². The quantitative estimate of drug-likeness (QED) is 0.610. The van der Waals surface area contributed by atoms with E-state index < -0.39 is 0 Å². The molecule has 106 valence electrons. The Bertz CT molecular complexity index is 302. The highest BCUT2D eigenvalue weighted by atomic mass is 31.1. The zero-order valence-electron chi connectivity index (χ0n) is 13.1. The lowest BCUT2D eigenvalue weighted by molar-refractivity contribution is -0.178. The third kappa shape index (κ3) is 2.49. The van der Waals surface area contributed by atoms with E-state index in [1.165, 1.54) is 0 Å². The molecule has 0 radical (unpaired) electrons. The molecule has 18 heavy (non-hydrogen) atoms. The van der Waals surface area contributed by atoms with Gasteiger partial charge in [0.15, 0.2) is 5.79 Å². The second-order valence-electron chi connectivity index (χ2n) is 8.09. The van der Waals surface area contributed by atoms with Crippen LogP contribution in [-0.2, 0) is 9.47 Å². The Morgan fingerprint density at radius 3 is 1.56 bits per heavy atom. The lowest BCUT2D eigenvalue weighted by atomic mass is 9.91. The lowest BCUT2D eigenvalue weighted by Gasteiger charge is -2.59. The summed E-state index contributed by atoms with van der Waals surface area (Å²) in [6.07, 6.45) is 2.10. The van der Waals surface area contributed by atoms with Crippen molar-refractivity contribution >= 4 is 7.92 Å². The summed E-state index contributed by atoms with van der Waals surface area (Å²) >= 11 is 0. The van der Waals surface area contributed by atoms with Gasteiger partial charge in [-0.25, -0.2) is 0 Å². The van der Waals surface area contributed by atoms with E-state index in [0.29, 0.717) is 15.5 Å². The van der Waals surface area contributed by atoms with Crippen molar-refractivity contribution in [2.24, 2.45) is 0 Å². The molecular weight excluding hydrogens is 243 g/mol. The molecule has 0 saturated carbocycles. The topological polar surface area (TPSA) is 18.5 Å². The minimum Gasteiger partial charge on any atom is -0.347 e. The van der Waals surface area contributed by atoms with Crippen LogP contribution in [0.1, 0.15) is 61.3 Å². The molecule has 0 aromatic carbocycles. The van der Waals surface area contributed by atoms with E-state index in [1.807, 2.05) is 0 Å². The molecule has 0 aromatic rings. The largest absolute Gasteiger partial charge is 0.347 e. The number of ether oxygens (including phenoxy) is 2. The molecular formula is C15H29O2P. The van der Waals surface area contributed by atoms with Crippen LogP contribution in [-0.4, -0.2) is 34.5 Å². The zero-order valence-corrected chi connectivity index (χ0v) is 14.0. The van der Waals surface area contributed by atoms with Crippen LogP contribution in [0.4, 0.5) is 0 Å². The SMILES string of the molecule is CC(C)(C)P1C(C)(C)CC2(CC1(C)C)OCCO2. The van der Waals surface area contributed by atoms with Crippen molar-refractivity contribution in [3.05, 3.63) is 0 Å². The number of hydrogen-bond acceptors (Lipinski definition) is 2. The van der Waals surface area contributed by atoms with Gasteiger partial charge in [0.2, 0.25) is 0 Å². The van der Waals surface area contributed by atoms with Crippen LogP contribution in [0, 0.1) is 0 Å². The van der Waals surface area contributed by atoms with Crippen molar-refractivity contribution in [2.75, 3.05) is 13.2 Å². The maximum Gasteiger partial charge on any atom is 0.170 e. The number of rotatable bonds is 0. The molecule has 2 nitrogen and oxygen atoms in total. The first-order valence-corrected chi connectivity index (χ1v) is 8.41. The van der Waals surface area contributed by atoms with E-state index >= 15 is 0 Å². The van der Waals surface area contributed by atoms with Crippen molar-refractivity contribution in [3.8, 4) is 0 Å². The first-order chi connectivity index (χ1) is 7.99. The molecule has 2 heterocycles. The molecule has 0 unspecified atom stereocenters. The predicted molar refractivity (Wildman–Crippen MR) is 78.7 cm³/mol. The highest BCUT2D eigenvalue weighted by molar-refractivity contribution is 7.62. The molecule has 2 fully saturated rings. The van der Waals surface area contributed by atoms with E-state index in [0.717, 1.165) is 26.1 Å². The van der Waals surface area contributed by atoms with Gasteiger partial charge in [-0.3, -0.25) is 0 Å². The predicted octanol–water partition coefficient (Wildman–Crippen LogP) is 4.36. The standard InChI is InChI=1S/C15H29O2P/c1-12(2,3)18-13(4,5)10-15(11-14(18,6)7)16-8-9-17-15/h8-11H2,1-7H3. The monoisotopic (exact) mass is 272 g/mol. The molecule has 1 spiro atoms. The molecule has 0 atom stereocenters. The Kier molecular flexibility index (Phi) is 3.42. The fraction of sp³-hybridized carbons (Fsp3) is 1.00. The fourth-order valence-corrected chi connectivity index (χ4v) is 10.9. The summed E-state index contributed by atoms with van der Waals surface area (Å²) in [6, 6.07) is 0. The number of hydrogen-bond donors (Lipinski definition) is 0. The molecule has 2 saturated heterocycles. The molecule has 2 aliphatic heterocycles. The third-order valence-corrected chi connectivity index (χ3v) is 8.18. The third-order valence-electron chi connectivity index (χ3n) is 4.10. The van der Waals surface area contributed by atoms with Crippen molar-refractivity contribution in [1.82, 2.24) is 0 Å². The maximum atomic E-state index is 6.00. The van der Waals surface area contributed by atoms with Crippen molar-refractivity contribution in [3.63, 3.8) is 0 Å². The Balaban J connectivity index is 2.36. The molecule has 0 amide bonds. The highest BCUT2D eigenvalue weighted by Gasteiger charge is 2.58. The first kappa shape index (κ1) is 14.8. The lowest BCUT2D eigenvalue weighted by Crippen LogP contribution is -2.53. The van der Waals surface area contributed by atoms with Gasteiger partial charge in [-0.1, -0.05) is 56.4 Å². The summed E-state index contributed by atoms with van der Waals surface area (Å²) in [7, 11) is -0.101. The average molecular weight is 272 g/mol. The van der Waals surface area contributed by atoms with Gasteiger partial charge >= 0.3 is 0 Å².